The van der Waals surface area contributed by atoms with E-state index < -0.39 is 5.97 Å². The lowest BCUT2D eigenvalue weighted by Gasteiger charge is -2.07. The molecule has 0 aliphatic rings. The Morgan fingerprint density at radius 2 is 1.48 bits per heavy atom. The summed E-state index contributed by atoms with van der Waals surface area (Å²) in [5, 5.41) is 5.19. The molecule has 0 N–H and O–H groups in total. The zero-order chi connectivity index (χ0) is 18.6. The van der Waals surface area contributed by atoms with E-state index in [4.69, 9.17) is 16.3 Å². The second-order valence-electron chi connectivity index (χ2n) is 5.88. The molecule has 1 aromatic heterocycles. The number of nitrogens with zero attached hydrogens (tertiary/aromatic N) is 2. The predicted molar refractivity (Wildman–Crippen MR) is 105 cm³/mol. The van der Waals surface area contributed by atoms with Crippen LogP contribution in [0, 0.1) is 0 Å². The number of aromatic nitrogens is 2. The summed E-state index contributed by atoms with van der Waals surface area (Å²) >= 11 is 5.89. The van der Waals surface area contributed by atoms with Gasteiger partial charge in [0, 0.05) is 16.7 Å². The van der Waals surface area contributed by atoms with Gasteiger partial charge in [-0.1, -0.05) is 60.1 Å². The van der Waals surface area contributed by atoms with Gasteiger partial charge in [-0.05, 0) is 36.4 Å². The van der Waals surface area contributed by atoms with Crippen LogP contribution in [0.2, 0.25) is 5.02 Å². The van der Waals surface area contributed by atoms with E-state index in [0.717, 1.165) is 16.9 Å². The highest BCUT2D eigenvalue weighted by molar-refractivity contribution is 6.30. The zero-order valence-corrected chi connectivity index (χ0v) is 15.0. The first-order chi connectivity index (χ1) is 13.2. The fourth-order valence-electron chi connectivity index (χ4n) is 2.68. The van der Waals surface area contributed by atoms with Gasteiger partial charge in [-0.15, -0.1) is 0 Å². The summed E-state index contributed by atoms with van der Waals surface area (Å²) in [6, 6.07) is 27.6. The average molecular weight is 375 g/mol. The molecule has 27 heavy (non-hydrogen) atoms. The lowest BCUT2D eigenvalue weighted by molar-refractivity contribution is 0.0723. The highest BCUT2D eigenvalue weighted by Crippen LogP contribution is 2.27. The molecule has 5 heteroatoms. The van der Waals surface area contributed by atoms with Gasteiger partial charge >= 0.3 is 5.97 Å². The number of hydrogen-bond acceptors (Lipinski definition) is 3. The third-order valence-corrected chi connectivity index (χ3v) is 4.28. The zero-order valence-electron chi connectivity index (χ0n) is 14.2. The maximum absolute atomic E-state index is 12.5. The Balaban J connectivity index is 1.73. The van der Waals surface area contributed by atoms with Crippen molar-refractivity contribution >= 4 is 17.6 Å². The topological polar surface area (TPSA) is 44.1 Å². The van der Waals surface area contributed by atoms with Crippen LogP contribution in [0.5, 0.6) is 5.88 Å². The lowest BCUT2D eigenvalue weighted by Crippen LogP contribution is -2.11. The average Bonchev–Trinajstić information content (AvgIpc) is 3.13. The number of ether oxygens (including phenoxy) is 1. The van der Waals surface area contributed by atoms with Gasteiger partial charge in [-0.3, -0.25) is 0 Å². The molecular formula is C22H15ClN2O2. The summed E-state index contributed by atoms with van der Waals surface area (Å²) in [7, 11) is 0. The molecule has 0 fully saturated rings. The number of carbonyl (C=O) groups excluding carboxylic acids is 1. The van der Waals surface area contributed by atoms with E-state index in [2.05, 4.69) is 5.10 Å². The quantitative estimate of drug-likeness (QED) is 0.448. The fourth-order valence-corrected chi connectivity index (χ4v) is 2.81. The molecule has 0 bridgehead atoms. The van der Waals surface area contributed by atoms with Gasteiger partial charge in [-0.2, -0.15) is 5.10 Å². The summed E-state index contributed by atoms with van der Waals surface area (Å²) in [6.45, 7) is 0. The van der Waals surface area contributed by atoms with E-state index in [-0.39, 0.29) is 0 Å². The number of para-hydroxylation sites is 1. The van der Waals surface area contributed by atoms with Crippen LogP contribution in [0.3, 0.4) is 0 Å². The predicted octanol–water partition coefficient (Wildman–Crippen LogP) is 5.41. The third kappa shape index (κ3) is 3.76. The van der Waals surface area contributed by atoms with Crippen LogP contribution < -0.4 is 4.74 Å². The molecule has 3 aromatic carbocycles. The maximum Gasteiger partial charge on any atom is 0.344 e. The fraction of sp³-hybridized carbons (Fsp3) is 0. The molecule has 4 rings (SSSR count). The number of hydrogen-bond donors (Lipinski definition) is 0. The van der Waals surface area contributed by atoms with Crippen molar-refractivity contribution in [2.24, 2.45) is 0 Å². The van der Waals surface area contributed by atoms with Gasteiger partial charge in [0.1, 0.15) is 0 Å². The van der Waals surface area contributed by atoms with Gasteiger partial charge < -0.3 is 4.74 Å². The Kier molecular flexibility index (Phi) is 4.73. The molecule has 0 aliphatic heterocycles. The minimum atomic E-state index is -0.469. The summed E-state index contributed by atoms with van der Waals surface area (Å²) in [5.41, 5.74) is 2.88. The van der Waals surface area contributed by atoms with E-state index in [1.54, 1.807) is 35.0 Å². The summed E-state index contributed by atoms with van der Waals surface area (Å²) in [4.78, 5) is 12.5. The first-order valence-corrected chi connectivity index (χ1v) is 8.77. The molecule has 4 nitrogen and oxygen atoms in total. The van der Waals surface area contributed by atoms with E-state index in [1.807, 2.05) is 60.7 Å². The molecule has 0 atom stereocenters. The second-order valence-corrected chi connectivity index (χ2v) is 6.31. The largest absolute Gasteiger partial charge is 0.404 e. The minimum Gasteiger partial charge on any atom is -0.404 e. The molecule has 0 aliphatic carbocycles. The van der Waals surface area contributed by atoms with Crippen molar-refractivity contribution in [3.05, 3.63) is 102 Å². The number of halogens is 1. The van der Waals surface area contributed by atoms with Gasteiger partial charge in [0.15, 0.2) is 0 Å². The Labute approximate surface area is 161 Å². The molecule has 0 unspecified atom stereocenters. The van der Waals surface area contributed by atoms with Crippen LogP contribution >= 0.6 is 11.6 Å². The van der Waals surface area contributed by atoms with Crippen molar-refractivity contribution in [3.8, 4) is 22.8 Å². The highest BCUT2D eigenvalue weighted by Gasteiger charge is 2.16. The van der Waals surface area contributed by atoms with Crippen molar-refractivity contribution in [2.75, 3.05) is 0 Å². The number of benzene rings is 3. The van der Waals surface area contributed by atoms with E-state index in [9.17, 15) is 4.79 Å². The molecular weight excluding hydrogens is 360 g/mol. The Bertz CT molecular complexity index is 1060. The second kappa shape index (κ2) is 7.48. The van der Waals surface area contributed by atoms with Crippen LogP contribution in [0.4, 0.5) is 0 Å². The van der Waals surface area contributed by atoms with Crippen molar-refractivity contribution in [1.29, 1.82) is 0 Å². The van der Waals surface area contributed by atoms with Crippen molar-refractivity contribution in [3.63, 3.8) is 0 Å². The SMILES string of the molecule is O=C(Oc1cc(-c2ccccc2)nn1-c1ccccc1)c1ccc(Cl)cc1. The molecule has 0 amide bonds. The maximum atomic E-state index is 12.5. The summed E-state index contributed by atoms with van der Waals surface area (Å²) in [5.74, 6) is -0.122. The third-order valence-electron chi connectivity index (χ3n) is 4.02. The smallest absolute Gasteiger partial charge is 0.344 e. The molecule has 0 saturated heterocycles. The Hall–Kier alpha value is -3.37. The summed E-state index contributed by atoms with van der Waals surface area (Å²) in [6.07, 6.45) is 0. The minimum absolute atomic E-state index is 0.347. The van der Waals surface area contributed by atoms with Gasteiger partial charge in [-0.25, -0.2) is 9.48 Å². The number of rotatable bonds is 4. The highest BCUT2D eigenvalue weighted by atomic mass is 35.5. The molecule has 1 heterocycles. The van der Waals surface area contributed by atoms with E-state index >= 15 is 0 Å². The van der Waals surface area contributed by atoms with Crippen LogP contribution in [0.15, 0.2) is 91.0 Å². The molecule has 0 saturated carbocycles. The monoisotopic (exact) mass is 374 g/mol. The standard InChI is InChI=1S/C22H15ClN2O2/c23-18-13-11-17(12-14-18)22(26)27-21-15-20(16-7-3-1-4-8-16)24-25(21)19-9-5-2-6-10-19/h1-15H. The number of esters is 1. The molecule has 132 valence electrons. The summed E-state index contributed by atoms with van der Waals surface area (Å²) < 4.78 is 7.27. The normalized spacial score (nSPS) is 10.6. The van der Waals surface area contributed by atoms with Gasteiger partial charge in [0.05, 0.1) is 16.9 Å². The van der Waals surface area contributed by atoms with Crippen molar-refractivity contribution in [1.82, 2.24) is 9.78 Å². The van der Waals surface area contributed by atoms with E-state index in [1.165, 1.54) is 0 Å². The first-order valence-electron chi connectivity index (χ1n) is 8.39. The van der Waals surface area contributed by atoms with Crippen LogP contribution in [0.25, 0.3) is 16.9 Å². The molecule has 0 spiro atoms. The van der Waals surface area contributed by atoms with Crippen LogP contribution in [0.1, 0.15) is 10.4 Å². The van der Waals surface area contributed by atoms with Crippen LogP contribution in [-0.4, -0.2) is 15.7 Å². The lowest BCUT2D eigenvalue weighted by atomic mass is 10.2. The van der Waals surface area contributed by atoms with Gasteiger partial charge in [0.25, 0.3) is 0 Å². The molecule has 4 aromatic rings. The number of carbonyl (C=O) groups is 1. The van der Waals surface area contributed by atoms with Gasteiger partial charge in [0.2, 0.25) is 5.88 Å². The van der Waals surface area contributed by atoms with Crippen molar-refractivity contribution < 1.29 is 9.53 Å². The Morgan fingerprint density at radius 1 is 0.852 bits per heavy atom. The first kappa shape index (κ1) is 17.1. The van der Waals surface area contributed by atoms with Crippen LogP contribution in [-0.2, 0) is 0 Å². The Morgan fingerprint density at radius 3 is 2.15 bits per heavy atom. The van der Waals surface area contributed by atoms with Crippen molar-refractivity contribution in [2.45, 2.75) is 0 Å². The molecule has 0 radical (unpaired) electrons. The van der Waals surface area contributed by atoms with E-state index in [0.29, 0.717) is 16.5 Å².